The monoisotopic (exact) mass is 450 g/mol. The number of nitrogens with zero attached hydrogens (tertiary/aromatic N) is 1. The minimum atomic E-state index is -0.000674. The summed E-state index contributed by atoms with van der Waals surface area (Å²) in [7, 11) is 0. The number of benzene rings is 1. The maximum atomic E-state index is 12.5. The molecule has 3 rings (SSSR count). The molecule has 30 heavy (non-hydrogen) atoms. The lowest BCUT2D eigenvalue weighted by Gasteiger charge is -2.31. The van der Waals surface area contributed by atoms with E-state index in [-0.39, 0.29) is 24.3 Å². The Morgan fingerprint density at radius 3 is 2.47 bits per heavy atom. The van der Waals surface area contributed by atoms with Crippen molar-refractivity contribution in [3.63, 3.8) is 0 Å². The zero-order valence-corrected chi connectivity index (χ0v) is 19.6. The summed E-state index contributed by atoms with van der Waals surface area (Å²) < 4.78 is 6.24. The van der Waals surface area contributed by atoms with Gasteiger partial charge in [0.1, 0.15) is 5.75 Å². The Bertz CT molecular complexity index is 670. The Kier molecular flexibility index (Phi) is 9.72. The van der Waals surface area contributed by atoms with Gasteiger partial charge in [-0.25, -0.2) is 0 Å². The molecular formula is C23H34N2O3S2. The minimum absolute atomic E-state index is 0.000674. The van der Waals surface area contributed by atoms with E-state index in [1.165, 1.54) is 23.5 Å². The molecule has 0 saturated carbocycles. The molecule has 2 amide bonds. The van der Waals surface area contributed by atoms with Gasteiger partial charge in [0.15, 0.2) is 6.61 Å². The van der Waals surface area contributed by atoms with Crippen LogP contribution in [0.3, 0.4) is 0 Å². The lowest BCUT2D eigenvalue weighted by atomic mass is 9.96. The first-order chi connectivity index (χ1) is 14.7. The molecule has 0 atom stereocenters. The summed E-state index contributed by atoms with van der Waals surface area (Å²) in [5.41, 5.74) is 1.32. The second-order valence-corrected chi connectivity index (χ2v) is 10.7. The number of carbonyl (C=O) groups excluding carboxylic acids is 2. The van der Waals surface area contributed by atoms with Crippen LogP contribution in [0.25, 0.3) is 0 Å². The van der Waals surface area contributed by atoms with Crippen LogP contribution >= 0.6 is 23.5 Å². The first-order valence-electron chi connectivity index (χ1n) is 11.2. The normalized spacial score (nSPS) is 18.2. The summed E-state index contributed by atoms with van der Waals surface area (Å²) in [6.45, 7) is 4.23. The predicted octanol–water partition coefficient (Wildman–Crippen LogP) is 4.48. The van der Waals surface area contributed by atoms with Gasteiger partial charge < -0.3 is 15.0 Å². The van der Waals surface area contributed by atoms with E-state index < -0.39 is 0 Å². The summed E-state index contributed by atoms with van der Waals surface area (Å²) in [6.07, 6.45) is 6.09. The summed E-state index contributed by atoms with van der Waals surface area (Å²) in [4.78, 5) is 26.6. The van der Waals surface area contributed by atoms with Gasteiger partial charge in [0.2, 0.25) is 5.91 Å². The second kappa shape index (κ2) is 12.5. The van der Waals surface area contributed by atoms with E-state index in [1.54, 1.807) is 0 Å². The first-order valence-corrected chi connectivity index (χ1v) is 13.3. The zero-order chi connectivity index (χ0) is 21.2. The van der Waals surface area contributed by atoms with E-state index in [4.69, 9.17) is 4.74 Å². The number of likely N-dealkylation sites (tertiary alicyclic amines) is 1. The maximum Gasteiger partial charge on any atom is 0.260 e. The van der Waals surface area contributed by atoms with Crippen LogP contribution in [0.1, 0.15) is 55.6 Å². The van der Waals surface area contributed by atoms with Crippen LogP contribution in [0.15, 0.2) is 24.3 Å². The molecule has 5 nitrogen and oxygen atoms in total. The predicted molar refractivity (Wildman–Crippen MR) is 126 cm³/mol. The van der Waals surface area contributed by atoms with Crippen molar-refractivity contribution in [2.24, 2.45) is 5.92 Å². The highest BCUT2D eigenvalue weighted by Gasteiger charge is 2.27. The molecule has 2 aliphatic rings. The first kappa shape index (κ1) is 23.3. The highest BCUT2D eigenvalue weighted by Crippen LogP contribution is 2.43. The molecular weight excluding hydrogens is 416 g/mol. The molecule has 2 fully saturated rings. The van der Waals surface area contributed by atoms with Crippen molar-refractivity contribution in [1.29, 1.82) is 0 Å². The average molecular weight is 451 g/mol. The lowest BCUT2D eigenvalue weighted by molar-refractivity contribution is -0.137. The van der Waals surface area contributed by atoms with Crippen LogP contribution in [0.4, 0.5) is 0 Å². The number of unbranched alkanes of at least 4 members (excludes halogenated alkanes) is 2. The van der Waals surface area contributed by atoms with E-state index in [0.29, 0.717) is 17.7 Å². The quantitative estimate of drug-likeness (QED) is 0.562. The number of ether oxygens (including phenoxy) is 1. The number of hydrogen-bond donors (Lipinski definition) is 1. The van der Waals surface area contributed by atoms with Crippen LogP contribution in [-0.2, 0) is 9.59 Å². The smallest absolute Gasteiger partial charge is 0.260 e. The van der Waals surface area contributed by atoms with Crippen molar-refractivity contribution >= 4 is 35.3 Å². The molecule has 1 aromatic carbocycles. The average Bonchev–Trinajstić information content (AvgIpc) is 2.81. The molecule has 0 unspecified atom stereocenters. The molecule has 0 bridgehead atoms. The fourth-order valence-electron chi connectivity index (χ4n) is 3.76. The van der Waals surface area contributed by atoms with Gasteiger partial charge in [0.25, 0.3) is 5.91 Å². The standard InChI is InChI=1S/C23H34N2O3S2/c1-2-3-4-12-24-22(27)18-10-13-25(14-11-18)21(26)17-28-20-8-6-19(7-9-20)23-29-15-5-16-30-23/h6-9,18,23H,2-5,10-17H2,1H3,(H,24,27). The number of amides is 2. The van der Waals surface area contributed by atoms with Gasteiger partial charge in [0, 0.05) is 25.6 Å². The van der Waals surface area contributed by atoms with Crippen LogP contribution in [0.2, 0.25) is 0 Å². The van der Waals surface area contributed by atoms with Gasteiger partial charge in [-0.15, -0.1) is 23.5 Å². The van der Waals surface area contributed by atoms with Crippen molar-refractivity contribution in [3.8, 4) is 5.75 Å². The van der Waals surface area contributed by atoms with Gasteiger partial charge in [-0.1, -0.05) is 31.9 Å². The molecule has 7 heteroatoms. The molecule has 0 spiro atoms. The van der Waals surface area contributed by atoms with E-state index in [2.05, 4.69) is 24.4 Å². The van der Waals surface area contributed by atoms with Gasteiger partial charge >= 0.3 is 0 Å². The maximum absolute atomic E-state index is 12.5. The topological polar surface area (TPSA) is 58.6 Å². The summed E-state index contributed by atoms with van der Waals surface area (Å²) in [5.74, 6) is 3.35. The third-order valence-electron chi connectivity index (χ3n) is 5.64. The largest absolute Gasteiger partial charge is 0.484 e. The Hall–Kier alpha value is -1.34. The van der Waals surface area contributed by atoms with Crippen LogP contribution in [0.5, 0.6) is 5.75 Å². The Morgan fingerprint density at radius 1 is 1.10 bits per heavy atom. The third kappa shape index (κ3) is 7.12. The Balaban J connectivity index is 1.36. The molecule has 2 heterocycles. The van der Waals surface area contributed by atoms with Crippen molar-refractivity contribution in [2.45, 2.75) is 50.0 Å². The molecule has 1 aromatic rings. The molecule has 166 valence electrons. The second-order valence-electron chi connectivity index (χ2n) is 7.94. The molecule has 0 radical (unpaired) electrons. The summed E-state index contributed by atoms with van der Waals surface area (Å²) >= 11 is 4.00. The number of thioether (sulfide) groups is 2. The molecule has 0 aromatic heterocycles. The highest BCUT2D eigenvalue weighted by atomic mass is 32.2. The van der Waals surface area contributed by atoms with Crippen LogP contribution in [-0.4, -0.2) is 54.5 Å². The van der Waals surface area contributed by atoms with Gasteiger partial charge in [-0.3, -0.25) is 9.59 Å². The fourth-order valence-corrected chi connectivity index (χ4v) is 6.65. The molecule has 0 aliphatic carbocycles. The lowest BCUT2D eigenvalue weighted by Crippen LogP contribution is -2.44. The summed E-state index contributed by atoms with van der Waals surface area (Å²) in [6, 6.07) is 8.15. The number of nitrogens with one attached hydrogen (secondary N) is 1. The van der Waals surface area contributed by atoms with E-state index in [1.807, 2.05) is 40.6 Å². The van der Waals surface area contributed by atoms with Crippen LogP contribution < -0.4 is 10.1 Å². The van der Waals surface area contributed by atoms with Crippen molar-refractivity contribution in [1.82, 2.24) is 10.2 Å². The zero-order valence-electron chi connectivity index (χ0n) is 17.9. The minimum Gasteiger partial charge on any atom is -0.484 e. The van der Waals surface area contributed by atoms with Crippen LogP contribution in [0, 0.1) is 5.92 Å². The van der Waals surface area contributed by atoms with E-state index >= 15 is 0 Å². The number of rotatable bonds is 9. The number of piperidine rings is 1. The number of hydrogen-bond acceptors (Lipinski definition) is 5. The van der Waals surface area contributed by atoms with Crippen molar-refractivity contribution < 1.29 is 14.3 Å². The third-order valence-corrected chi connectivity index (χ3v) is 8.65. The Labute approximate surface area is 189 Å². The SMILES string of the molecule is CCCCCNC(=O)C1CCN(C(=O)COc2ccc(C3SCCCS3)cc2)CC1. The number of carbonyl (C=O) groups is 2. The van der Waals surface area contributed by atoms with Gasteiger partial charge in [-0.2, -0.15) is 0 Å². The fraction of sp³-hybridized carbons (Fsp3) is 0.652. The molecule has 1 N–H and O–H groups in total. The van der Waals surface area contributed by atoms with Gasteiger partial charge in [0.05, 0.1) is 4.58 Å². The highest BCUT2D eigenvalue weighted by molar-refractivity contribution is 8.16. The Morgan fingerprint density at radius 2 is 1.80 bits per heavy atom. The van der Waals surface area contributed by atoms with E-state index in [0.717, 1.165) is 44.4 Å². The van der Waals surface area contributed by atoms with Gasteiger partial charge in [-0.05, 0) is 54.9 Å². The van der Waals surface area contributed by atoms with Crippen molar-refractivity contribution in [2.75, 3.05) is 37.7 Å². The van der Waals surface area contributed by atoms with E-state index in [9.17, 15) is 9.59 Å². The van der Waals surface area contributed by atoms with Crippen molar-refractivity contribution in [3.05, 3.63) is 29.8 Å². The summed E-state index contributed by atoms with van der Waals surface area (Å²) in [5, 5.41) is 3.04. The molecule has 2 saturated heterocycles. The molecule has 2 aliphatic heterocycles.